The Kier molecular flexibility index (Phi) is 3.69. The van der Waals surface area contributed by atoms with Crippen LogP contribution in [0.15, 0.2) is 0 Å². The summed E-state index contributed by atoms with van der Waals surface area (Å²) >= 11 is 0. The predicted octanol–water partition coefficient (Wildman–Crippen LogP) is 1.22. The fourth-order valence-electron chi connectivity index (χ4n) is 1.18. The van der Waals surface area contributed by atoms with E-state index in [0.29, 0.717) is 19.1 Å². The van der Waals surface area contributed by atoms with Crippen LogP contribution in [0, 0.1) is 11.8 Å². The maximum Gasteiger partial charge on any atom is 0.159 e. The first-order chi connectivity index (χ1) is 5.74. The third kappa shape index (κ3) is 2.57. The lowest BCUT2D eigenvalue weighted by Crippen LogP contribution is -2.22. The summed E-state index contributed by atoms with van der Waals surface area (Å²) in [5, 5.41) is 0. The number of carbonyl (C=O) groups is 1. The molecule has 3 heteroatoms. The molecule has 1 fully saturated rings. The Morgan fingerprint density at radius 3 is 2.75 bits per heavy atom. The van der Waals surface area contributed by atoms with Gasteiger partial charge in [-0.2, -0.15) is 0 Å². The second-order valence-corrected chi connectivity index (χ2v) is 3.50. The number of ether oxygens (including phenoxy) is 2. The van der Waals surface area contributed by atoms with Crippen molar-refractivity contribution < 1.29 is 14.3 Å². The first-order valence-electron chi connectivity index (χ1n) is 4.42. The molecule has 0 aromatic rings. The summed E-state index contributed by atoms with van der Waals surface area (Å²) in [6, 6.07) is 0. The first-order valence-corrected chi connectivity index (χ1v) is 4.42. The van der Waals surface area contributed by atoms with Gasteiger partial charge in [0.25, 0.3) is 0 Å². The highest BCUT2D eigenvalue weighted by Gasteiger charge is 2.21. The van der Waals surface area contributed by atoms with Crippen molar-refractivity contribution in [1.29, 1.82) is 0 Å². The third-order valence-corrected chi connectivity index (χ3v) is 1.98. The highest BCUT2D eigenvalue weighted by atomic mass is 16.7. The second-order valence-electron chi connectivity index (χ2n) is 3.50. The Hall–Kier alpha value is -0.410. The van der Waals surface area contributed by atoms with Gasteiger partial charge in [-0.15, -0.1) is 0 Å². The highest BCUT2D eigenvalue weighted by molar-refractivity contribution is 5.53. The van der Waals surface area contributed by atoms with Crippen LogP contribution in [-0.4, -0.2) is 25.8 Å². The molecule has 0 amide bonds. The molecular formula is C9H16O3. The Balaban J connectivity index is 2.38. The van der Waals surface area contributed by atoms with Crippen molar-refractivity contribution in [2.45, 2.75) is 26.6 Å². The minimum atomic E-state index is -0.130. The molecule has 1 aliphatic heterocycles. The molecule has 70 valence electrons. The second kappa shape index (κ2) is 4.58. The van der Waals surface area contributed by atoms with Gasteiger partial charge in [-0.3, -0.25) is 0 Å². The monoisotopic (exact) mass is 172 g/mol. The van der Waals surface area contributed by atoms with E-state index in [1.54, 1.807) is 0 Å². The highest BCUT2D eigenvalue weighted by Crippen LogP contribution is 2.15. The molecule has 12 heavy (non-hydrogen) atoms. The minimum absolute atomic E-state index is 0.0220. The molecule has 1 rings (SSSR count). The van der Waals surface area contributed by atoms with Gasteiger partial charge in [0.05, 0.1) is 13.2 Å². The molecule has 0 N–H and O–H groups in total. The van der Waals surface area contributed by atoms with Crippen molar-refractivity contribution in [3.8, 4) is 0 Å². The summed E-state index contributed by atoms with van der Waals surface area (Å²) in [4.78, 5) is 10.5. The van der Waals surface area contributed by atoms with Gasteiger partial charge in [0.2, 0.25) is 0 Å². The van der Waals surface area contributed by atoms with Crippen LogP contribution in [0.3, 0.4) is 0 Å². The number of rotatable bonds is 2. The number of aldehydes is 1. The zero-order valence-electron chi connectivity index (χ0n) is 7.66. The van der Waals surface area contributed by atoms with Crippen molar-refractivity contribution in [2.24, 2.45) is 11.8 Å². The number of carbonyl (C=O) groups excluding carboxylic acids is 1. The molecule has 0 spiro atoms. The molecule has 1 aliphatic rings. The summed E-state index contributed by atoms with van der Waals surface area (Å²) in [5.41, 5.74) is 0. The average Bonchev–Trinajstić information content (AvgIpc) is 2.28. The largest absolute Gasteiger partial charge is 0.352 e. The van der Waals surface area contributed by atoms with E-state index < -0.39 is 0 Å². The van der Waals surface area contributed by atoms with Crippen molar-refractivity contribution in [3.05, 3.63) is 0 Å². The van der Waals surface area contributed by atoms with Crippen LogP contribution in [0.5, 0.6) is 0 Å². The average molecular weight is 172 g/mol. The number of hydrogen-bond acceptors (Lipinski definition) is 3. The van der Waals surface area contributed by atoms with Gasteiger partial charge in [0.1, 0.15) is 6.29 Å². The Bertz CT molecular complexity index is 145. The minimum Gasteiger partial charge on any atom is -0.352 e. The molecule has 3 nitrogen and oxygen atoms in total. The molecule has 0 aliphatic carbocycles. The Labute approximate surface area is 73.0 Å². The van der Waals surface area contributed by atoms with Gasteiger partial charge >= 0.3 is 0 Å². The lowest BCUT2D eigenvalue weighted by Gasteiger charge is -2.18. The molecule has 0 bridgehead atoms. The molecule has 2 atom stereocenters. The van der Waals surface area contributed by atoms with E-state index in [-0.39, 0.29) is 12.2 Å². The fraction of sp³-hybridized carbons (Fsp3) is 0.889. The topological polar surface area (TPSA) is 35.5 Å². The van der Waals surface area contributed by atoms with E-state index >= 15 is 0 Å². The van der Waals surface area contributed by atoms with Crippen LogP contribution in [-0.2, 0) is 14.3 Å². The molecule has 0 aromatic heterocycles. The Morgan fingerprint density at radius 2 is 2.17 bits per heavy atom. The first kappa shape index (κ1) is 9.68. The third-order valence-electron chi connectivity index (χ3n) is 1.98. The van der Waals surface area contributed by atoms with E-state index in [1.807, 2.05) is 13.8 Å². The zero-order valence-corrected chi connectivity index (χ0v) is 7.66. The normalized spacial score (nSPS) is 31.6. The van der Waals surface area contributed by atoms with Gasteiger partial charge in [0, 0.05) is 11.8 Å². The van der Waals surface area contributed by atoms with E-state index in [1.165, 1.54) is 0 Å². The zero-order chi connectivity index (χ0) is 8.97. The van der Waals surface area contributed by atoms with Crippen molar-refractivity contribution >= 4 is 6.29 Å². The van der Waals surface area contributed by atoms with E-state index in [9.17, 15) is 4.79 Å². The predicted molar refractivity (Wildman–Crippen MR) is 44.7 cm³/mol. The standard InChI is InChI=1S/C9H16O3/c1-7(2)9-11-4-3-8(5-10)6-12-9/h5,7-9H,3-4,6H2,1-2H3. The lowest BCUT2D eigenvalue weighted by atomic mass is 10.1. The SMILES string of the molecule is CC(C)C1OCCC(C=O)CO1. The molecule has 1 saturated heterocycles. The molecule has 2 unspecified atom stereocenters. The molecule has 0 aromatic carbocycles. The molecular weight excluding hydrogens is 156 g/mol. The van der Waals surface area contributed by atoms with E-state index in [2.05, 4.69) is 0 Å². The summed E-state index contributed by atoms with van der Waals surface area (Å²) in [6.07, 6.45) is 1.61. The van der Waals surface area contributed by atoms with Crippen LogP contribution in [0.1, 0.15) is 20.3 Å². The maximum atomic E-state index is 10.5. The van der Waals surface area contributed by atoms with Crippen molar-refractivity contribution in [1.82, 2.24) is 0 Å². The lowest BCUT2D eigenvalue weighted by molar-refractivity contribution is -0.153. The Morgan fingerprint density at radius 1 is 1.42 bits per heavy atom. The summed E-state index contributed by atoms with van der Waals surface area (Å²) in [6.45, 7) is 5.23. The van der Waals surface area contributed by atoms with Gasteiger partial charge in [-0.25, -0.2) is 0 Å². The van der Waals surface area contributed by atoms with Crippen LogP contribution in [0.25, 0.3) is 0 Å². The smallest absolute Gasteiger partial charge is 0.159 e. The maximum absolute atomic E-state index is 10.5. The van der Waals surface area contributed by atoms with Crippen molar-refractivity contribution in [2.75, 3.05) is 13.2 Å². The summed E-state index contributed by atoms with van der Waals surface area (Å²) in [7, 11) is 0. The molecule has 0 saturated carbocycles. The van der Waals surface area contributed by atoms with Crippen LogP contribution in [0.4, 0.5) is 0 Å². The van der Waals surface area contributed by atoms with Gasteiger partial charge < -0.3 is 14.3 Å². The van der Waals surface area contributed by atoms with Gasteiger partial charge in [-0.1, -0.05) is 13.8 Å². The number of hydrogen-bond donors (Lipinski definition) is 0. The van der Waals surface area contributed by atoms with E-state index in [4.69, 9.17) is 9.47 Å². The van der Waals surface area contributed by atoms with Gasteiger partial charge in [-0.05, 0) is 6.42 Å². The molecule has 0 radical (unpaired) electrons. The summed E-state index contributed by atoms with van der Waals surface area (Å²) < 4.78 is 10.8. The summed E-state index contributed by atoms with van der Waals surface area (Å²) in [5.74, 6) is 0.379. The van der Waals surface area contributed by atoms with Gasteiger partial charge in [0.15, 0.2) is 6.29 Å². The van der Waals surface area contributed by atoms with Crippen LogP contribution < -0.4 is 0 Å². The van der Waals surface area contributed by atoms with Crippen LogP contribution >= 0.6 is 0 Å². The van der Waals surface area contributed by atoms with E-state index in [0.717, 1.165) is 12.7 Å². The quantitative estimate of drug-likeness (QED) is 0.587. The fourth-order valence-corrected chi connectivity index (χ4v) is 1.18. The van der Waals surface area contributed by atoms with Crippen molar-refractivity contribution in [3.63, 3.8) is 0 Å². The molecule has 1 heterocycles. The van der Waals surface area contributed by atoms with Crippen LogP contribution in [0.2, 0.25) is 0 Å².